The van der Waals surface area contributed by atoms with Gasteiger partial charge >= 0.3 is 5.97 Å². The summed E-state index contributed by atoms with van der Waals surface area (Å²) in [4.78, 5) is 11.3. The molecular formula is C12H13FO4. The van der Waals surface area contributed by atoms with Crippen LogP contribution in [0.5, 0.6) is 11.5 Å². The van der Waals surface area contributed by atoms with Crippen molar-refractivity contribution in [3.8, 4) is 11.5 Å². The summed E-state index contributed by atoms with van der Waals surface area (Å²) in [6.07, 6.45) is 0.395. The molecule has 0 amide bonds. The van der Waals surface area contributed by atoms with E-state index in [0.717, 1.165) is 7.11 Å². The first kappa shape index (κ1) is 11.7. The van der Waals surface area contributed by atoms with Crippen LogP contribution in [0.2, 0.25) is 0 Å². The van der Waals surface area contributed by atoms with E-state index in [4.69, 9.17) is 4.74 Å². The molecule has 1 heterocycles. The van der Waals surface area contributed by atoms with Crippen LogP contribution in [-0.4, -0.2) is 23.8 Å². The second kappa shape index (κ2) is 3.61. The van der Waals surface area contributed by atoms with Crippen molar-refractivity contribution in [3.63, 3.8) is 0 Å². The van der Waals surface area contributed by atoms with Crippen LogP contribution in [0.4, 0.5) is 4.39 Å². The zero-order valence-corrected chi connectivity index (χ0v) is 9.83. The number of ether oxygens (including phenoxy) is 2. The quantitative estimate of drug-likeness (QED) is 0.763. The fourth-order valence-corrected chi connectivity index (χ4v) is 1.94. The molecule has 4 nitrogen and oxygen atoms in total. The smallest absolute Gasteiger partial charge is 0.341 e. The van der Waals surface area contributed by atoms with Crippen molar-refractivity contribution < 1.29 is 23.8 Å². The van der Waals surface area contributed by atoms with Crippen molar-refractivity contribution >= 4 is 5.97 Å². The van der Waals surface area contributed by atoms with E-state index in [2.05, 4.69) is 4.74 Å². The van der Waals surface area contributed by atoms with E-state index < -0.39 is 23.1 Å². The van der Waals surface area contributed by atoms with Crippen molar-refractivity contribution in [2.45, 2.75) is 25.9 Å². The summed E-state index contributed by atoms with van der Waals surface area (Å²) in [5.74, 6) is -2.01. The number of carbonyl (C=O) groups is 1. The number of benzene rings is 1. The molecular weight excluding hydrogens is 227 g/mol. The molecule has 0 saturated carbocycles. The Morgan fingerprint density at radius 3 is 2.82 bits per heavy atom. The first-order chi connectivity index (χ1) is 7.85. The van der Waals surface area contributed by atoms with E-state index in [1.165, 1.54) is 6.07 Å². The van der Waals surface area contributed by atoms with E-state index in [1.807, 2.05) is 13.8 Å². The Hall–Kier alpha value is -1.78. The van der Waals surface area contributed by atoms with E-state index >= 15 is 0 Å². The van der Waals surface area contributed by atoms with Crippen LogP contribution in [0.3, 0.4) is 0 Å². The largest absolute Gasteiger partial charge is 0.505 e. The van der Waals surface area contributed by atoms with Crippen LogP contribution in [-0.2, 0) is 11.2 Å². The maximum atomic E-state index is 13.7. The lowest BCUT2D eigenvalue weighted by molar-refractivity contribution is 0.0593. The molecule has 92 valence electrons. The maximum Gasteiger partial charge on any atom is 0.341 e. The molecule has 1 aromatic carbocycles. The van der Waals surface area contributed by atoms with Crippen molar-refractivity contribution in [2.75, 3.05) is 7.11 Å². The third kappa shape index (κ3) is 1.81. The normalized spacial score (nSPS) is 16.2. The van der Waals surface area contributed by atoms with Gasteiger partial charge in [-0.1, -0.05) is 0 Å². The summed E-state index contributed by atoms with van der Waals surface area (Å²) in [5.41, 5.74) is -0.442. The van der Waals surface area contributed by atoms with Crippen LogP contribution >= 0.6 is 0 Å². The molecule has 17 heavy (non-hydrogen) atoms. The van der Waals surface area contributed by atoms with E-state index in [-0.39, 0.29) is 5.56 Å². The van der Waals surface area contributed by atoms with Gasteiger partial charge in [-0.25, -0.2) is 9.18 Å². The van der Waals surface area contributed by atoms with Crippen LogP contribution < -0.4 is 4.74 Å². The van der Waals surface area contributed by atoms with Gasteiger partial charge in [-0.2, -0.15) is 0 Å². The predicted molar refractivity (Wildman–Crippen MR) is 57.8 cm³/mol. The minimum Gasteiger partial charge on any atom is -0.505 e. The van der Waals surface area contributed by atoms with Gasteiger partial charge in [-0.3, -0.25) is 0 Å². The molecule has 0 fully saturated rings. The molecule has 1 aliphatic heterocycles. The third-order valence-corrected chi connectivity index (χ3v) is 2.70. The highest BCUT2D eigenvalue weighted by Crippen LogP contribution is 2.42. The third-order valence-electron chi connectivity index (χ3n) is 2.70. The summed E-state index contributed by atoms with van der Waals surface area (Å²) >= 11 is 0. The summed E-state index contributed by atoms with van der Waals surface area (Å²) in [7, 11) is 1.15. The van der Waals surface area contributed by atoms with Gasteiger partial charge in [-0.05, 0) is 19.9 Å². The number of esters is 1. The molecule has 0 aromatic heterocycles. The molecule has 0 radical (unpaired) electrons. The first-order valence-electron chi connectivity index (χ1n) is 5.17. The number of aromatic hydroxyl groups is 1. The zero-order valence-electron chi connectivity index (χ0n) is 9.83. The molecule has 2 rings (SSSR count). The number of fused-ring (bicyclic) bond motifs is 1. The van der Waals surface area contributed by atoms with Crippen LogP contribution in [0, 0.1) is 5.82 Å². The average Bonchev–Trinajstić information content (AvgIpc) is 2.57. The second-order valence-electron chi connectivity index (χ2n) is 4.59. The second-order valence-corrected chi connectivity index (χ2v) is 4.59. The Labute approximate surface area is 98.0 Å². The Morgan fingerprint density at radius 2 is 2.24 bits per heavy atom. The maximum absolute atomic E-state index is 13.7. The number of halogens is 1. The molecule has 1 aromatic rings. The standard InChI is InChI=1S/C12H13FO4/c1-12(2)5-7-8(17-12)4-6(11(15)16-3)9(13)10(7)14/h4,14H,5H2,1-3H3. The van der Waals surface area contributed by atoms with Crippen molar-refractivity contribution in [2.24, 2.45) is 0 Å². The van der Waals surface area contributed by atoms with Gasteiger partial charge in [-0.15, -0.1) is 0 Å². The fraction of sp³-hybridized carbons (Fsp3) is 0.417. The summed E-state index contributed by atoms with van der Waals surface area (Å²) in [6, 6.07) is 1.27. The summed E-state index contributed by atoms with van der Waals surface area (Å²) in [5, 5.41) is 9.71. The lowest BCUT2D eigenvalue weighted by atomic mass is 9.99. The summed E-state index contributed by atoms with van der Waals surface area (Å²) < 4.78 is 23.7. The number of carbonyl (C=O) groups excluding carboxylic acids is 1. The monoisotopic (exact) mass is 240 g/mol. The number of phenols is 1. The molecule has 1 aliphatic rings. The molecule has 0 spiro atoms. The van der Waals surface area contributed by atoms with Crippen molar-refractivity contribution in [3.05, 3.63) is 23.0 Å². The van der Waals surface area contributed by atoms with E-state index in [9.17, 15) is 14.3 Å². The molecule has 0 unspecified atom stereocenters. The zero-order chi connectivity index (χ0) is 12.8. The highest BCUT2D eigenvalue weighted by molar-refractivity contribution is 5.91. The molecule has 1 N–H and O–H groups in total. The van der Waals surface area contributed by atoms with Crippen LogP contribution in [0.15, 0.2) is 6.07 Å². The van der Waals surface area contributed by atoms with E-state index in [1.54, 1.807) is 0 Å². The van der Waals surface area contributed by atoms with Gasteiger partial charge < -0.3 is 14.6 Å². The minimum absolute atomic E-state index is 0.318. The minimum atomic E-state index is -0.961. The SMILES string of the molecule is COC(=O)c1cc2c(c(O)c1F)CC(C)(C)O2. The molecule has 5 heteroatoms. The van der Waals surface area contributed by atoms with Gasteiger partial charge in [0, 0.05) is 12.0 Å². The first-order valence-corrected chi connectivity index (χ1v) is 5.17. The van der Waals surface area contributed by atoms with Crippen molar-refractivity contribution in [1.82, 2.24) is 0 Å². The summed E-state index contributed by atoms with van der Waals surface area (Å²) in [6.45, 7) is 3.64. The Balaban J connectivity index is 2.57. The van der Waals surface area contributed by atoms with Gasteiger partial charge in [0.2, 0.25) is 0 Å². The average molecular weight is 240 g/mol. The topological polar surface area (TPSA) is 55.8 Å². The van der Waals surface area contributed by atoms with Crippen molar-refractivity contribution in [1.29, 1.82) is 0 Å². The van der Waals surface area contributed by atoms with Gasteiger partial charge in [0.15, 0.2) is 11.6 Å². The van der Waals surface area contributed by atoms with E-state index in [0.29, 0.717) is 17.7 Å². The Bertz CT molecular complexity index is 494. The number of rotatable bonds is 1. The highest BCUT2D eigenvalue weighted by Gasteiger charge is 2.35. The number of phenolic OH excluding ortho intramolecular Hbond substituents is 1. The molecule has 0 atom stereocenters. The Kier molecular flexibility index (Phi) is 2.49. The van der Waals surface area contributed by atoms with Gasteiger partial charge in [0.1, 0.15) is 16.9 Å². The molecule has 0 aliphatic carbocycles. The number of hydrogen-bond donors (Lipinski definition) is 1. The lowest BCUT2D eigenvalue weighted by Crippen LogP contribution is -2.24. The number of methoxy groups -OCH3 is 1. The molecule has 0 bridgehead atoms. The predicted octanol–water partition coefficient (Wildman–Crippen LogP) is 2.03. The fourth-order valence-electron chi connectivity index (χ4n) is 1.94. The van der Waals surface area contributed by atoms with Crippen LogP contribution in [0.1, 0.15) is 29.8 Å². The highest BCUT2D eigenvalue weighted by atomic mass is 19.1. The Morgan fingerprint density at radius 1 is 1.59 bits per heavy atom. The number of hydrogen-bond acceptors (Lipinski definition) is 4. The van der Waals surface area contributed by atoms with Crippen LogP contribution in [0.25, 0.3) is 0 Å². The molecule has 0 saturated heterocycles. The lowest BCUT2D eigenvalue weighted by Gasteiger charge is -2.16. The van der Waals surface area contributed by atoms with Gasteiger partial charge in [0.25, 0.3) is 0 Å². The van der Waals surface area contributed by atoms with Gasteiger partial charge in [0.05, 0.1) is 7.11 Å².